The number of rotatable bonds is 10. The van der Waals surface area contributed by atoms with Gasteiger partial charge in [-0.25, -0.2) is 0 Å². The summed E-state index contributed by atoms with van der Waals surface area (Å²) in [5.41, 5.74) is 3.23. The highest BCUT2D eigenvalue weighted by Gasteiger charge is 2.14. The first-order valence-electron chi connectivity index (χ1n) is 11.9. The first-order valence-corrected chi connectivity index (χ1v) is 13.8. The monoisotopic (exact) mass is 694 g/mol. The van der Waals surface area contributed by atoms with E-state index in [4.69, 9.17) is 14.2 Å². The van der Waals surface area contributed by atoms with Crippen molar-refractivity contribution in [2.75, 3.05) is 12.4 Å². The fourth-order valence-electron chi connectivity index (χ4n) is 3.59. The van der Waals surface area contributed by atoms with E-state index in [1.54, 1.807) is 37.4 Å². The molecule has 6 nitrogen and oxygen atoms in total. The standard InChI is InChI=1S/C31H24BrIN2O4/c1-37-29-17-23(16-28(33)30(29)39-20-21-5-3-2-4-6-21)15-24(18-34)31(36)35-26-11-13-27(14-12-26)38-19-22-7-9-25(32)10-8-22/h2-17H,19-20H2,1H3,(H,35,36)/b24-15+. The highest BCUT2D eigenvalue weighted by Crippen LogP contribution is 2.35. The molecule has 1 N–H and O–H groups in total. The molecule has 8 heteroatoms. The lowest BCUT2D eigenvalue weighted by Crippen LogP contribution is -2.13. The topological polar surface area (TPSA) is 80.6 Å². The van der Waals surface area contributed by atoms with Gasteiger partial charge in [-0.3, -0.25) is 4.79 Å². The number of nitriles is 1. The predicted molar refractivity (Wildman–Crippen MR) is 164 cm³/mol. The number of nitrogens with zero attached hydrogens (tertiary/aromatic N) is 1. The number of ether oxygens (including phenoxy) is 3. The molecule has 4 aromatic rings. The van der Waals surface area contributed by atoms with E-state index in [2.05, 4.69) is 43.8 Å². The second-order valence-corrected chi connectivity index (χ2v) is 10.4. The van der Waals surface area contributed by atoms with Crippen molar-refractivity contribution >= 4 is 56.2 Å². The zero-order valence-corrected chi connectivity index (χ0v) is 24.7. The number of hydrogen-bond donors (Lipinski definition) is 1. The molecule has 0 saturated carbocycles. The Morgan fingerprint density at radius 2 is 1.62 bits per heavy atom. The molecule has 0 atom stereocenters. The number of anilines is 1. The van der Waals surface area contributed by atoms with E-state index in [1.165, 1.54) is 6.08 Å². The van der Waals surface area contributed by atoms with Crippen molar-refractivity contribution in [1.29, 1.82) is 5.26 Å². The minimum atomic E-state index is -0.514. The maximum Gasteiger partial charge on any atom is 0.266 e. The van der Waals surface area contributed by atoms with Crippen LogP contribution in [-0.4, -0.2) is 13.0 Å². The third kappa shape index (κ3) is 8.09. The summed E-state index contributed by atoms with van der Waals surface area (Å²) in [5, 5.41) is 12.4. The van der Waals surface area contributed by atoms with E-state index >= 15 is 0 Å². The van der Waals surface area contributed by atoms with Crippen LogP contribution < -0.4 is 19.5 Å². The van der Waals surface area contributed by atoms with Crippen molar-refractivity contribution < 1.29 is 19.0 Å². The molecule has 0 unspecified atom stereocenters. The van der Waals surface area contributed by atoms with Gasteiger partial charge in [-0.1, -0.05) is 58.4 Å². The van der Waals surface area contributed by atoms with Gasteiger partial charge in [-0.05, 0) is 93.9 Å². The molecule has 0 radical (unpaired) electrons. The molecule has 0 fully saturated rings. The van der Waals surface area contributed by atoms with E-state index in [1.807, 2.05) is 66.7 Å². The molecule has 0 bridgehead atoms. The summed E-state index contributed by atoms with van der Waals surface area (Å²) < 4.78 is 19.2. The number of methoxy groups -OCH3 is 1. The van der Waals surface area contributed by atoms with Crippen molar-refractivity contribution in [2.24, 2.45) is 0 Å². The van der Waals surface area contributed by atoms with Gasteiger partial charge in [0.25, 0.3) is 5.91 Å². The molecule has 1 amide bonds. The summed E-state index contributed by atoms with van der Waals surface area (Å²) in [4.78, 5) is 12.8. The summed E-state index contributed by atoms with van der Waals surface area (Å²) in [6, 6.07) is 30.3. The van der Waals surface area contributed by atoms with Crippen LogP contribution in [0.1, 0.15) is 16.7 Å². The Morgan fingerprint density at radius 1 is 0.949 bits per heavy atom. The maximum atomic E-state index is 12.8. The smallest absolute Gasteiger partial charge is 0.266 e. The van der Waals surface area contributed by atoms with Crippen molar-refractivity contribution in [3.63, 3.8) is 0 Å². The van der Waals surface area contributed by atoms with Gasteiger partial charge in [0.05, 0.1) is 10.7 Å². The van der Waals surface area contributed by atoms with Gasteiger partial charge in [0.15, 0.2) is 11.5 Å². The van der Waals surface area contributed by atoms with Crippen LogP contribution in [-0.2, 0) is 18.0 Å². The molecular formula is C31H24BrIN2O4. The van der Waals surface area contributed by atoms with Crippen molar-refractivity contribution in [1.82, 2.24) is 0 Å². The summed E-state index contributed by atoms with van der Waals surface area (Å²) in [6.07, 6.45) is 1.52. The molecule has 0 saturated heterocycles. The molecular weight excluding hydrogens is 671 g/mol. The summed E-state index contributed by atoms with van der Waals surface area (Å²) in [5.74, 6) is 1.27. The fraction of sp³-hybridized carbons (Fsp3) is 0.0968. The third-order valence-corrected chi connectivity index (χ3v) is 6.91. The van der Waals surface area contributed by atoms with Crippen molar-refractivity contribution in [3.05, 3.63) is 121 Å². The number of amides is 1. The van der Waals surface area contributed by atoms with Crippen molar-refractivity contribution in [3.8, 4) is 23.3 Å². The Hall–Kier alpha value is -3.81. The van der Waals surface area contributed by atoms with Crippen LogP contribution >= 0.6 is 38.5 Å². The van der Waals surface area contributed by atoms with E-state index in [0.29, 0.717) is 41.7 Å². The minimum Gasteiger partial charge on any atom is -0.493 e. The lowest BCUT2D eigenvalue weighted by Gasteiger charge is -2.14. The van der Waals surface area contributed by atoms with Gasteiger partial charge < -0.3 is 19.5 Å². The van der Waals surface area contributed by atoms with E-state index in [-0.39, 0.29) is 5.57 Å². The first kappa shape index (κ1) is 28.2. The van der Waals surface area contributed by atoms with Gasteiger partial charge in [0.2, 0.25) is 0 Å². The van der Waals surface area contributed by atoms with Gasteiger partial charge in [0.1, 0.15) is 30.6 Å². The predicted octanol–water partition coefficient (Wildman–Crippen LogP) is 7.77. The number of nitrogens with one attached hydrogen (secondary N) is 1. The Labute approximate surface area is 249 Å². The summed E-state index contributed by atoms with van der Waals surface area (Å²) >= 11 is 5.57. The SMILES string of the molecule is COc1cc(/C=C(\C#N)C(=O)Nc2ccc(OCc3ccc(Br)cc3)cc2)cc(I)c1OCc1ccccc1. The quantitative estimate of drug-likeness (QED) is 0.104. The molecule has 196 valence electrons. The van der Waals surface area contributed by atoms with Crippen LogP contribution in [0.25, 0.3) is 6.08 Å². The molecule has 0 spiro atoms. The van der Waals surface area contributed by atoms with Crippen LogP contribution in [0.3, 0.4) is 0 Å². The third-order valence-electron chi connectivity index (χ3n) is 5.58. The fourth-order valence-corrected chi connectivity index (χ4v) is 4.63. The summed E-state index contributed by atoms with van der Waals surface area (Å²) in [7, 11) is 1.55. The van der Waals surface area contributed by atoms with Gasteiger partial charge in [-0.15, -0.1) is 0 Å². The highest BCUT2D eigenvalue weighted by atomic mass is 127. The second-order valence-electron chi connectivity index (χ2n) is 8.37. The molecule has 0 aliphatic rings. The molecule has 39 heavy (non-hydrogen) atoms. The molecule has 0 aliphatic carbocycles. The zero-order chi connectivity index (χ0) is 27.6. The second kappa shape index (κ2) is 13.8. The Balaban J connectivity index is 1.41. The molecule has 4 rings (SSSR count). The van der Waals surface area contributed by atoms with Crippen LogP contribution in [0.4, 0.5) is 5.69 Å². The average Bonchev–Trinajstić information content (AvgIpc) is 2.96. The van der Waals surface area contributed by atoms with Gasteiger partial charge in [-0.2, -0.15) is 5.26 Å². The molecule has 0 aromatic heterocycles. The molecule has 0 aliphatic heterocycles. The van der Waals surface area contributed by atoms with Crippen LogP contribution in [0, 0.1) is 14.9 Å². The zero-order valence-electron chi connectivity index (χ0n) is 21.0. The lowest BCUT2D eigenvalue weighted by atomic mass is 10.1. The normalized spacial score (nSPS) is 10.9. The Morgan fingerprint density at radius 3 is 2.28 bits per heavy atom. The number of benzene rings is 4. The Kier molecular flexibility index (Phi) is 10.00. The number of hydrogen-bond acceptors (Lipinski definition) is 5. The van der Waals surface area contributed by atoms with Gasteiger partial charge >= 0.3 is 0 Å². The molecule has 0 heterocycles. The van der Waals surface area contributed by atoms with Crippen LogP contribution in [0.5, 0.6) is 17.2 Å². The average molecular weight is 695 g/mol. The van der Waals surface area contributed by atoms with E-state index < -0.39 is 5.91 Å². The first-order chi connectivity index (χ1) is 18.9. The van der Waals surface area contributed by atoms with Crippen LogP contribution in [0.2, 0.25) is 0 Å². The largest absolute Gasteiger partial charge is 0.493 e. The number of carbonyl (C=O) groups is 1. The van der Waals surface area contributed by atoms with Crippen molar-refractivity contribution in [2.45, 2.75) is 13.2 Å². The lowest BCUT2D eigenvalue weighted by molar-refractivity contribution is -0.112. The van der Waals surface area contributed by atoms with E-state index in [0.717, 1.165) is 19.2 Å². The number of carbonyl (C=O) groups excluding carboxylic acids is 1. The number of halogens is 2. The minimum absolute atomic E-state index is 0.0404. The Bertz CT molecular complexity index is 1500. The highest BCUT2D eigenvalue weighted by molar-refractivity contribution is 14.1. The van der Waals surface area contributed by atoms with Gasteiger partial charge in [0, 0.05) is 10.2 Å². The van der Waals surface area contributed by atoms with E-state index in [9.17, 15) is 10.1 Å². The maximum absolute atomic E-state index is 12.8. The van der Waals surface area contributed by atoms with Crippen LogP contribution in [0.15, 0.2) is 101 Å². The summed E-state index contributed by atoms with van der Waals surface area (Å²) in [6.45, 7) is 0.820. The molecule has 4 aromatic carbocycles.